The molecule has 0 amide bonds. The molecule has 2 aromatic heterocycles. The maximum absolute atomic E-state index is 5.83. The van der Waals surface area contributed by atoms with E-state index in [0.717, 1.165) is 29.2 Å². The number of nitrogens with one attached hydrogen (secondary N) is 1. The molecule has 17 heavy (non-hydrogen) atoms. The molecule has 4 heteroatoms. The molecule has 0 spiro atoms. The number of aromatic nitrogens is 1. The van der Waals surface area contributed by atoms with Crippen LogP contribution >= 0.6 is 0 Å². The van der Waals surface area contributed by atoms with Gasteiger partial charge in [0.25, 0.3) is 0 Å². The van der Waals surface area contributed by atoms with Crippen molar-refractivity contribution in [2.75, 3.05) is 11.1 Å². The van der Waals surface area contributed by atoms with Crippen molar-refractivity contribution in [2.24, 2.45) is 0 Å². The highest BCUT2D eigenvalue weighted by Crippen LogP contribution is 2.15. The van der Waals surface area contributed by atoms with E-state index in [0.29, 0.717) is 0 Å². The van der Waals surface area contributed by atoms with Crippen molar-refractivity contribution in [1.82, 2.24) is 4.98 Å². The fraction of sp³-hybridized carbons (Fsp3) is 0.308. The van der Waals surface area contributed by atoms with Crippen LogP contribution in [0.3, 0.4) is 0 Å². The monoisotopic (exact) mass is 231 g/mol. The van der Waals surface area contributed by atoms with Gasteiger partial charge in [0, 0.05) is 30.4 Å². The Bertz CT molecular complexity index is 479. The summed E-state index contributed by atoms with van der Waals surface area (Å²) in [6, 6.07) is 5.96. The first-order valence-electron chi connectivity index (χ1n) is 5.66. The zero-order valence-corrected chi connectivity index (χ0v) is 10.1. The molecule has 90 valence electrons. The van der Waals surface area contributed by atoms with Gasteiger partial charge in [0.2, 0.25) is 0 Å². The Labute approximate surface area is 101 Å². The van der Waals surface area contributed by atoms with Gasteiger partial charge < -0.3 is 15.5 Å². The van der Waals surface area contributed by atoms with E-state index in [1.54, 1.807) is 12.5 Å². The highest BCUT2D eigenvalue weighted by molar-refractivity contribution is 5.53. The smallest absolute Gasteiger partial charge is 0.128 e. The quantitative estimate of drug-likeness (QED) is 0.849. The Kier molecular flexibility index (Phi) is 3.32. The maximum atomic E-state index is 5.83. The number of hydrogen-bond acceptors (Lipinski definition) is 4. The summed E-state index contributed by atoms with van der Waals surface area (Å²) in [4.78, 5) is 4.29. The van der Waals surface area contributed by atoms with Crippen LogP contribution in [-0.2, 0) is 6.42 Å². The van der Waals surface area contributed by atoms with Crippen LogP contribution in [-0.4, -0.2) is 11.0 Å². The van der Waals surface area contributed by atoms with E-state index < -0.39 is 0 Å². The van der Waals surface area contributed by atoms with Gasteiger partial charge in [0.15, 0.2) is 0 Å². The summed E-state index contributed by atoms with van der Waals surface area (Å²) in [7, 11) is 0. The second-order valence-corrected chi connectivity index (χ2v) is 4.26. The van der Waals surface area contributed by atoms with Crippen molar-refractivity contribution in [3.63, 3.8) is 0 Å². The Morgan fingerprint density at radius 3 is 3.00 bits per heavy atom. The molecule has 2 aromatic rings. The average molecular weight is 231 g/mol. The fourth-order valence-corrected chi connectivity index (χ4v) is 1.65. The normalized spacial score (nSPS) is 12.4. The second-order valence-electron chi connectivity index (χ2n) is 4.26. The van der Waals surface area contributed by atoms with Crippen LogP contribution in [0, 0.1) is 6.92 Å². The van der Waals surface area contributed by atoms with E-state index >= 15 is 0 Å². The minimum absolute atomic E-state index is 0.246. The third-order valence-corrected chi connectivity index (χ3v) is 2.63. The van der Waals surface area contributed by atoms with E-state index in [-0.39, 0.29) is 6.04 Å². The minimum atomic E-state index is 0.246. The highest BCUT2D eigenvalue weighted by Gasteiger charge is 2.07. The molecule has 1 unspecified atom stereocenters. The average Bonchev–Trinajstić information content (AvgIpc) is 2.76. The Morgan fingerprint density at radius 1 is 1.53 bits per heavy atom. The van der Waals surface area contributed by atoms with Crippen molar-refractivity contribution >= 4 is 11.5 Å². The largest absolute Gasteiger partial charge is 0.469 e. The van der Waals surface area contributed by atoms with Gasteiger partial charge in [-0.15, -0.1) is 0 Å². The van der Waals surface area contributed by atoms with Crippen LogP contribution in [0.2, 0.25) is 0 Å². The summed E-state index contributed by atoms with van der Waals surface area (Å²) in [6.45, 7) is 4.03. The maximum Gasteiger partial charge on any atom is 0.128 e. The van der Waals surface area contributed by atoms with Crippen LogP contribution in [0.4, 0.5) is 11.5 Å². The van der Waals surface area contributed by atoms with Crippen LogP contribution < -0.4 is 11.1 Å². The first-order chi connectivity index (χ1) is 8.15. The molecular weight excluding hydrogens is 214 g/mol. The Morgan fingerprint density at radius 2 is 2.35 bits per heavy atom. The van der Waals surface area contributed by atoms with Crippen molar-refractivity contribution < 1.29 is 4.42 Å². The molecule has 0 bridgehead atoms. The topological polar surface area (TPSA) is 64.1 Å². The number of anilines is 2. The van der Waals surface area contributed by atoms with E-state index in [9.17, 15) is 0 Å². The molecule has 0 aromatic carbocycles. The number of rotatable bonds is 4. The van der Waals surface area contributed by atoms with E-state index in [1.807, 2.05) is 25.1 Å². The summed E-state index contributed by atoms with van der Waals surface area (Å²) in [5.74, 6) is 1.76. The lowest BCUT2D eigenvalue weighted by Crippen LogP contribution is -2.18. The van der Waals surface area contributed by atoms with Gasteiger partial charge in [-0.05, 0) is 31.5 Å². The van der Waals surface area contributed by atoms with Crippen molar-refractivity contribution in [3.8, 4) is 0 Å². The van der Waals surface area contributed by atoms with E-state index in [1.165, 1.54) is 0 Å². The van der Waals surface area contributed by atoms with Gasteiger partial charge in [-0.25, -0.2) is 4.98 Å². The SMILES string of the molecule is Cc1cnc(NC(C)Cc2ccco2)cc1N. The Hall–Kier alpha value is -1.97. The summed E-state index contributed by atoms with van der Waals surface area (Å²) in [5.41, 5.74) is 7.59. The molecule has 0 aliphatic rings. The molecule has 2 heterocycles. The summed E-state index contributed by atoms with van der Waals surface area (Å²) >= 11 is 0. The van der Waals surface area contributed by atoms with Crippen LogP contribution in [0.1, 0.15) is 18.2 Å². The van der Waals surface area contributed by atoms with Gasteiger partial charge in [-0.2, -0.15) is 0 Å². The Balaban J connectivity index is 1.98. The minimum Gasteiger partial charge on any atom is -0.469 e. The number of pyridine rings is 1. The number of aryl methyl sites for hydroxylation is 1. The van der Waals surface area contributed by atoms with Crippen molar-refractivity contribution in [3.05, 3.63) is 42.0 Å². The number of nitrogen functional groups attached to an aromatic ring is 1. The lowest BCUT2D eigenvalue weighted by atomic mass is 10.2. The van der Waals surface area contributed by atoms with Gasteiger partial charge >= 0.3 is 0 Å². The molecule has 0 fully saturated rings. The molecular formula is C13H17N3O. The van der Waals surface area contributed by atoms with Crippen LogP contribution in [0.25, 0.3) is 0 Å². The number of furan rings is 1. The fourth-order valence-electron chi connectivity index (χ4n) is 1.65. The molecule has 0 saturated heterocycles. The third kappa shape index (κ3) is 3.00. The zero-order chi connectivity index (χ0) is 12.3. The lowest BCUT2D eigenvalue weighted by Gasteiger charge is -2.13. The van der Waals surface area contributed by atoms with Crippen molar-refractivity contribution in [1.29, 1.82) is 0 Å². The zero-order valence-electron chi connectivity index (χ0n) is 10.1. The lowest BCUT2D eigenvalue weighted by molar-refractivity contribution is 0.497. The predicted octanol–water partition coefficient (Wildman–Crippen LogP) is 2.61. The van der Waals surface area contributed by atoms with Gasteiger partial charge in [0.1, 0.15) is 11.6 Å². The molecule has 2 rings (SSSR count). The molecule has 4 nitrogen and oxygen atoms in total. The van der Waals surface area contributed by atoms with Crippen LogP contribution in [0.5, 0.6) is 0 Å². The van der Waals surface area contributed by atoms with Gasteiger partial charge in [0.05, 0.1) is 6.26 Å². The first-order valence-corrected chi connectivity index (χ1v) is 5.66. The standard InChI is InChI=1S/C13H17N3O/c1-9-8-15-13(7-12(9)14)16-10(2)6-11-4-3-5-17-11/h3-5,7-8,10H,6H2,1-2H3,(H3,14,15,16). The summed E-state index contributed by atoms with van der Waals surface area (Å²) in [5, 5.41) is 3.30. The number of nitrogens with two attached hydrogens (primary N) is 1. The van der Waals surface area contributed by atoms with Gasteiger partial charge in [-0.3, -0.25) is 0 Å². The van der Waals surface area contributed by atoms with Crippen LogP contribution in [0.15, 0.2) is 35.1 Å². The van der Waals surface area contributed by atoms with E-state index in [4.69, 9.17) is 10.2 Å². The summed E-state index contributed by atoms with van der Waals surface area (Å²) in [6.07, 6.45) is 4.28. The first kappa shape index (κ1) is 11.5. The van der Waals surface area contributed by atoms with Gasteiger partial charge in [-0.1, -0.05) is 0 Å². The van der Waals surface area contributed by atoms with E-state index in [2.05, 4.69) is 17.2 Å². The number of hydrogen-bond donors (Lipinski definition) is 2. The molecule has 0 aliphatic carbocycles. The highest BCUT2D eigenvalue weighted by atomic mass is 16.3. The third-order valence-electron chi connectivity index (χ3n) is 2.63. The molecule has 1 atom stereocenters. The van der Waals surface area contributed by atoms with Crippen molar-refractivity contribution in [2.45, 2.75) is 26.3 Å². The summed E-state index contributed by atoms with van der Waals surface area (Å²) < 4.78 is 5.30. The number of nitrogens with zero attached hydrogens (tertiary/aromatic N) is 1. The second kappa shape index (κ2) is 4.91. The molecule has 0 radical (unpaired) electrons. The molecule has 0 aliphatic heterocycles. The molecule has 3 N–H and O–H groups in total. The molecule has 0 saturated carbocycles. The predicted molar refractivity (Wildman–Crippen MR) is 68.9 cm³/mol.